The molecule has 8 nitrogen and oxygen atoms in total. The minimum Gasteiger partial charge on any atom is -0.497 e. The smallest absolute Gasteiger partial charge is 0.412 e. The van der Waals surface area contributed by atoms with E-state index in [0.29, 0.717) is 12.4 Å². The van der Waals surface area contributed by atoms with Gasteiger partial charge >= 0.3 is 6.09 Å². The molecule has 2 aromatic rings. The summed E-state index contributed by atoms with van der Waals surface area (Å²) >= 11 is 0. The van der Waals surface area contributed by atoms with Crippen molar-refractivity contribution in [1.82, 2.24) is 10.2 Å². The summed E-state index contributed by atoms with van der Waals surface area (Å²) in [5, 5.41) is 10.8. The van der Waals surface area contributed by atoms with Crippen LogP contribution in [0.15, 0.2) is 36.4 Å². The van der Waals surface area contributed by atoms with Crippen molar-refractivity contribution in [2.45, 2.75) is 6.92 Å². The second-order valence-corrected chi connectivity index (χ2v) is 5.79. The largest absolute Gasteiger partial charge is 0.497 e. The van der Waals surface area contributed by atoms with Gasteiger partial charge in [-0.05, 0) is 43.3 Å². The van der Waals surface area contributed by atoms with Crippen LogP contribution in [0.4, 0.5) is 22.1 Å². The van der Waals surface area contributed by atoms with Crippen molar-refractivity contribution in [3.8, 4) is 5.75 Å². The highest BCUT2D eigenvalue weighted by Crippen LogP contribution is 2.22. The Morgan fingerprint density at radius 1 is 1.04 bits per heavy atom. The van der Waals surface area contributed by atoms with Gasteiger partial charge in [-0.2, -0.15) is 0 Å². The van der Waals surface area contributed by atoms with E-state index < -0.39 is 6.09 Å². The first-order valence-corrected chi connectivity index (χ1v) is 8.61. The summed E-state index contributed by atoms with van der Waals surface area (Å²) in [6.07, 6.45) is -0.525. The topological polar surface area (TPSA) is 79.8 Å². The summed E-state index contributed by atoms with van der Waals surface area (Å²) in [6.45, 7) is 5.57. The number of methoxy groups -OCH3 is 1. The molecule has 0 saturated carbocycles. The third kappa shape index (κ3) is 4.33. The maximum atomic E-state index is 11.4. The quantitative estimate of drug-likeness (QED) is 0.880. The van der Waals surface area contributed by atoms with Gasteiger partial charge in [-0.25, -0.2) is 4.79 Å². The van der Waals surface area contributed by atoms with Crippen molar-refractivity contribution in [3.63, 3.8) is 0 Å². The van der Waals surface area contributed by atoms with Gasteiger partial charge in [0.05, 0.1) is 13.7 Å². The van der Waals surface area contributed by atoms with Crippen LogP contribution in [0.1, 0.15) is 6.92 Å². The maximum absolute atomic E-state index is 11.4. The maximum Gasteiger partial charge on any atom is 0.412 e. The Hall–Kier alpha value is -3.03. The van der Waals surface area contributed by atoms with E-state index in [1.807, 2.05) is 18.2 Å². The molecule has 1 N–H and O–H groups in total. The molecule has 1 saturated heterocycles. The van der Waals surface area contributed by atoms with Crippen LogP contribution >= 0.6 is 0 Å². The highest BCUT2D eigenvalue weighted by Gasteiger charge is 2.19. The van der Waals surface area contributed by atoms with Gasteiger partial charge in [0.1, 0.15) is 5.75 Å². The van der Waals surface area contributed by atoms with Crippen molar-refractivity contribution in [2.24, 2.45) is 0 Å². The Labute approximate surface area is 152 Å². The molecule has 0 radical (unpaired) electrons. The van der Waals surface area contributed by atoms with E-state index in [2.05, 4.69) is 37.4 Å². The highest BCUT2D eigenvalue weighted by molar-refractivity contribution is 5.83. The molecule has 1 aliphatic rings. The minimum absolute atomic E-state index is 0.315. The second kappa shape index (κ2) is 8.37. The molecule has 1 aliphatic heterocycles. The summed E-state index contributed by atoms with van der Waals surface area (Å²) in [5.41, 5.74) is 1.19. The van der Waals surface area contributed by atoms with Crippen LogP contribution < -0.4 is 19.9 Å². The Morgan fingerprint density at radius 3 is 2.31 bits per heavy atom. The molecule has 0 atom stereocenters. The standard InChI is InChI=1S/C18H23N5O3/c1-3-26-18(24)19-16-8-9-17(21-20-16)23-12-10-22(11-13-23)14-4-6-15(25-2)7-5-14/h4-9H,3,10-13H2,1-2H3,(H,19,20,24). The van der Waals surface area contributed by atoms with Gasteiger partial charge in [0.2, 0.25) is 0 Å². The molecule has 1 aromatic carbocycles. The van der Waals surface area contributed by atoms with Crippen LogP contribution in [0.3, 0.4) is 0 Å². The van der Waals surface area contributed by atoms with Crippen LogP contribution in [-0.2, 0) is 4.74 Å². The Balaban J connectivity index is 1.54. The zero-order valence-corrected chi connectivity index (χ0v) is 15.0. The van der Waals surface area contributed by atoms with E-state index in [1.165, 1.54) is 5.69 Å². The van der Waals surface area contributed by atoms with Gasteiger partial charge in [0.25, 0.3) is 0 Å². The Kier molecular flexibility index (Phi) is 5.73. The van der Waals surface area contributed by atoms with E-state index in [-0.39, 0.29) is 0 Å². The van der Waals surface area contributed by atoms with E-state index in [1.54, 1.807) is 20.1 Å². The number of hydrogen-bond acceptors (Lipinski definition) is 7. The average molecular weight is 357 g/mol. The molecule has 0 spiro atoms. The molecular formula is C18H23N5O3. The summed E-state index contributed by atoms with van der Waals surface area (Å²) in [5.74, 6) is 2.04. The average Bonchev–Trinajstić information content (AvgIpc) is 2.69. The number of benzene rings is 1. The van der Waals surface area contributed by atoms with Crippen molar-refractivity contribution in [1.29, 1.82) is 0 Å². The lowest BCUT2D eigenvalue weighted by Crippen LogP contribution is -2.46. The SMILES string of the molecule is CCOC(=O)Nc1ccc(N2CCN(c3ccc(OC)cc3)CC2)nn1. The fourth-order valence-corrected chi connectivity index (χ4v) is 2.82. The molecule has 1 fully saturated rings. The predicted molar refractivity (Wildman–Crippen MR) is 100 cm³/mol. The van der Waals surface area contributed by atoms with Crippen LogP contribution in [0.2, 0.25) is 0 Å². The molecule has 3 rings (SSSR count). The summed E-state index contributed by atoms with van der Waals surface area (Å²) < 4.78 is 10.0. The lowest BCUT2D eigenvalue weighted by atomic mass is 10.2. The molecule has 1 amide bonds. The number of aromatic nitrogens is 2. The number of carbonyl (C=O) groups excluding carboxylic acids is 1. The van der Waals surface area contributed by atoms with Crippen LogP contribution in [0.5, 0.6) is 5.75 Å². The number of hydrogen-bond donors (Lipinski definition) is 1. The number of rotatable bonds is 5. The number of piperazine rings is 1. The number of amides is 1. The van der Waals surface area contributed by atoms with Crippen LogP contribution in [-0.4, -0.2) is 56.2 Å². The third-order valence-corrected chi connectivity index (χ3v) is 4.20. The summed E-state index contributed by atoms with van der Waals surface area (Å²) in [6, 6.07) is 11.7. The fourth-order valence-electron chi connectivity index (χ4n) is 2.82. The number of nitrogens with zero attached hydrogens (tertiary/aromatic N) is 4. The molecule has 138 valence electrons. The van der Waals surface area contributed by atoms with Crippen molar-refractivity contribution < 1.29 is 14.3 Å². The minimum atomic E-state index is -0.525. The van der Waals surface area contributed by atoms with Crippen LogP contribution in [0.25, 0.3) is 0 Å². The van der Waals surface area contributed by atoms with Gasteiger partial charge in [0.15, 0.2) is 11.6 Å². The van der Waals surface area contributed by atoms with E-state index >= 15 is 0 Å². The molecular weight excluding hydrogens is 334 g/mol. The Morgan fingerprint density at radius 2 is 1.73 bits per heavy atom. The normalized spacial score (nSPS) is 14.1. The highest BCUT2D eigenvalue weighted by atomic mass is 16.5. The lowest BCUT2D eigenvalue weighted by Gasteiger charge is -2.36. The monoisotopic (exact) mass is 357 g/mol. The number of nitrogens with one attached hydrogen (secondary N) is 1. The van der Waals surface area contributed by atoms with Gasteiger partial charge in [-0.3, -0.25) is 5.32 Å². The molecule has 0 bridgehead atoms. The fraction of sp³-hybridized carbons (Fsp3) is 0.389. The zero-order chi connectivity index (χ0) is 18.4. The van der Waals surface area contributed by atoms with Crippen molar-refractivity contribution in [2.75, 3.05) is 55.0 Å². The first kappa shape index (κ1) is 17.8. The summed E-state index contributed by atoms with van der Waals surface area (Å²) in [4.78, 5) is 15.9. The first-order valence-electron chi connectivity index (χ1n) is 8.61. The predicted octanol–water partition coefficient (Wildman–Crippen LogP) is 2.38. The second-order valence-electron chi connectivity index (χ2n) is 5.79. The zero-order valence-electron chi connectivity index (χ0n) is 15.0. The van der Waals surface area contributed by atoms with Crippen molar-refractivity contribution >= 4 is 23.4 Å². The third-order valence-electron chi connectivity index (χ3n) is 4.20. The van der Waals surface area contributed by atoms with Gasteiger partial charge in [-0.15, -0.1) is 10.2 Å². The van der Waals surface area contributed by atoms with E-state index in [4.69, 9.17) is 9.47 Å². The molecule has 0 unspecified atom stereocenters. The number of ether oxygens (including phenoxy) is 2. The van der Waals surface area contributed by atoms with Gasteiger partial charge in [0, 0.05) is 31.9 Å². The van der Waals surface area contributed by atoms with Crippen molar-refractivity contribution in [3.05, 3.63) is 36.4 Å². The molecule has 2 heterocycles. The van der Waals surface area contributed by atoms with E-state index in [9.17, 15) is 4.79 Å². The molecule has 26 heavy (non-hydrogen) atoms. The van der Waals surface area contributed by atoms with Gasteiger partial charge < -0.3 is 19.3 Å². The van der Waals surface area contributed by atoms with E-state index in [0.717, 1.165) is 37.7 Å². The first-order chi connectivity index (χ1) is 12.7. The lowest BCUT2D eigenvalue weighted by molar-refractivity contribution is 0.168. The molecule has 1 aromatic heterocycles. The van der Waals surface area contributed by atoms with Gasteiger partial charge in [-0.1, -0.05) is 0 Å². The molecule has 8 heteroatoms. The van der Waals surface area contributed by atoms with Crippen LogP contribution in [0, 0.1) is 0 Å². The summed E-state index contributed by atoms with van der Waals surface area (Å²) in [7, 11) is 1.67. The number of anilines is 3. The molecule has 0 aliphatic carbocycles. The Bertz CT molecular complexity index is 713. The number of carbonyl (C=O) groups is 1.